The number of ketones is 1. The molecule has 1 aliphatic heterocycles. The van der Waals surface area contributed by atoms with Crippen LogP contribution in [0.5, 0.6) is 0 Å². The lowest BCUT2D eigenvalue weighted by atomic mass is 9.97. The molecule has 1 saturated heterocycles. The van der Waals surface area contributed by atoms with Crippen LogP contribution in [0.4, 0.5) is 18.0 Å². The predicted molar refractivity (Wildman–Crippen MR) is 94.7 cm³/mol. The van der Waals surface area contributed by atoms with E-state index in [9.17, 15) is 27.6 Å². The second-order valence-electron chi connectivity index (χ2n) is 7.40. The molecule has 152 valence electrons. The van der Waals surface area contributed by atoms with E-state index in [2.05, 4.69) is 10.3 Å². The summed E-state index contributed by atoms with van der Waals surface area (Å²) < 4.78 is 42.1. The molecule has 2 aliphatic rings. The number of alkyl halides is 2. The number of carbonyl (C=O) groups is 3. The third-order valence-electron chi connectivity index (χ3n) is 5.38. The summed E-state index contributed by atoms with van der Waals surface area (Å²) in [6.45, 7) is -0.620. The van der Waals surface area contributed by atoms with E-state index in [0.29, 0.717) is 16.2 Å². The maximum atomic E-state index is 13.6. The van der Waals surface area contributed by atoms with Crippen molar-refractivity contribution in [2.24, 2.45) is 7.05 Å². The zero-order valence-electron chi connectivity index (χ0n) is 15.4. The minimum Gasteiger partial charge on any atom is -0.325 e. The van der Waals surface area contributed by atoms with Crippen molar-refractivity contribution in [3.8, 4) is 11.3 Å². The van der Waals surface area contributed by atoms with Crippen molar-refractivity contribution in [2.75, 3.05) is 6.54 Å². The summed E-state index contributed by atoms with van der Waals surface area (Å²) in [7, 11) is 1.55. The standard InChI is InChI=1S/C19H17F3N4O3/c1-25-13(11-3-2-4-12(20)7-11)8-23-15(25)14(27)9-26-16(28)18(24-17(26)29)5-6-19(21,22)10-18/h2-4,7-8H,5-6,9-10H2,1H3,(H,24,29). The largest absolute Gasteiger partial charge is 0.325 e. The Morgan fingerprint density at radius 2 is 2.03 bits per heavy atom. The van der Waals surface area contributed by atoms with Gasteiger partial charge in [0.2, 0.25) is 5.78 Å². The fourth-order valence-electron chi connectivity index (χ4n) is 3.92. The van der Waals surface area contributed by atoms with Crippen LogP contribution in [0.1, 0.15) is 29.9 Å². The Morgan fingerprint density at radius 1 is 1.28 bits per heavy atom. The molecule has 1 aliphatic carbocycles. The number of nitrogens with one attached hydrogen (secondary N) is 1. The maximum absolute atomic E-state index is 13.6. The number of aromatic nitrogens is 2. The van der Waals surface area contributed by atoms with E-state index in [1.807, 2.05) is 0 Å². The fraction of sp³-hybridized carbons (Fsp3) is 0.368. The molecule has 1 N–H and O–H groups in total. The van der Waals surface area contributed by atoms with E-state index < -0.39 is 54.4 Å². The number of carbonyl (C=O) groups excluding carboxylic acids is 3. The van der Waals surface area contributed by atoms with Crippen LogP contribution in [0, 0.1) is 5.82 Å². The lowest BCUT2D eigenvalue weighted by Crippen LogP contribution is -2.46. The van der Waals surface area contributed by atoms with Crippen LogP contribution < -0.4 is 5.32 Å². The first-order valence-electron chi connectivity index (χ1n) is 8.95. The van der Waals surface area contributed by atoms with Gasteiger partial charge in [-0.15, -0.1) is 0 Å². The minimum atomic E-state index is -3.04. The van der Waals surface area contributed by atoms with Crippen molar-refractivity contribution >= 4 is 17.7 Å². The Labute approximate surface area is 163 Å². The Bertz CT molecular complexity index is 1040. The lowest BCUT2D eigenvalue weighted by Gasteiger charge is -2.20. The third kappa shape index (κ3) is 3.18. The molecule has 1 atom stereocenters. The molecule has 3 amide bonds. The Kier molecular flexibility index (Phi) is 4.25. The predicted octanol–water partition coefficient (Wildman–Crippen LogP) is 2.52. The number of rotatable bonds is 4. The van der Waals surface area contributed by atoms with Crippen LogP contribution in [-0.4, -0.2) is 50.2 Å². The van der Waals surface area contributed by atoms with Gasteiger partial charge in [0.05, 0.1) is 18.4 Å². The number of hydrogen-bond donors (Lipinski definition) is 1. The van der Waals surface area contributed by atoms with Gasteiger partial charge in [-0.3, -0.25) is 14.5 Å². The first-order valence-corrected chi connectivity index (χ1v) is 8.95. The second-order valence-corrected chi connectivity index (χ2v) is 7.40. The third-order valence-corrected chi connectivity index (χ3v) is 5.38. The molecule has 0 bridgehead atoms. The number of hydrogen-bond acceptors (Lipinski definition) is 4. The molecule has 1 saturated carbocycles. The first kappa shape index (κ1) is 19.2. The van der Waals surface area contributed by atoms with Crippen molar-refractivity contribution in [1.29, 1.82) is 0 Å². The summed E-state index contributed by atoms with van der Waals surface area (Å²) in [4.78, 5) is 42.2. The molecular weight excluding hydrogens is 389 g/mol. The number of halogens is 3. The minimum absolute atomic E-state index is 0.0393. The van der Waals surface area contributed by atoms with Gasteiger partial charge in [0.25, 0.3) is 11.8 Å². The molecule has 7 nitrogen and oxygen atoms in total. The number of nitrogens with zero attached hydrogens (tertiary/aromatic N) is 3. The zero-order valence-corrected chi connectivity index (χ0v) is 15.4. The average molecular weight is 406 g/mol. The molecule has 4 rings (SSSR count). The van der Waals surface area contributed by atoms with Gasteiger partial charge in [0.1, 0.15) is 11.4 Å². The van der Waals surface area contributed by atoms with Crippen LogP contribution in [0.2, 0.25) is 0 Å². The van der Waals surface area contributed by atoms with Gasteiger partial charge < -0.3 is 9.88 Å². The smallest absolute Gasteiger partial charge is 0.325 e. The van der Waals surface area contributed by atoms with Gasteiger partial charge in [-0.05, 0) is 18.6 Å². The summed E-state index contributed by atoms with van der Waals surface area (Å²) in [6, 6.07) is 4.86. The van der Waals surface area contributed by atoms with Crippen LogP contribution >= 0.6 is 0 Å². The number of imidazole rings is 1. The van der Waals surface area contributed by atoms with Crippen molar-refractivity contribution in [2.45, 2.75) is 30.7 Å². The summed E-state index contributed by atoms with van der Waals surface area (Å²) in [5.74, 6) is -4.99. The number of benzene rings is 1. The van der Waals surface area contributed by atoms with Crippen molar-refractivity contribution in [3.63, 3.8) is 0 Å². The highest BCUT2D eigenvalue weighted by atomic mass is 19.3. The van der Waals surface area contributed by atoms with E-state index in [0.717, 1.165) is 0 Å². The van der Waals surface area contributed by atoms with E-state index in [1.54, 1.807) is 13.1 Å². The van der Waals surface area contributed by atoms with Crippen LogP contribution in [-0.2, 0) is 11.8 Å². The number of urea groups is 1. The number of amides is 3. The van der Waals surface area contributed by atoms with E-state index in [4.69, 9.17) is 0 Å². The average Bonchev–Trinajstić information content (AvgIpc) is 3.25. The van der Waals surface area contributed by atoms with E-state index in [1.165, 1.54) is 29.0 Å². The molecule has 2 aromatic rings. The highest BCUT2D eigenvalue weighted by Crippen LogP contribution is 2.44. The van der Waals surface area contributed by atoms with Crippen LogP contribution in [0.3, 0.4) is 0 Å². The van der Waals surface area contributed by atoms with Crippen LogP contribution in [0.25, 0.3) is 11.3 Å². The topological polar surface area (TPSA) is 84.3 Å². The molecule has 1 unspecified atom stereocenters. The van der Waals surface area contributed by atoms with Gasteiger partial charge in [0.15, 0.2) is 5.82 Å². The van der Waals surface area contributed by atoms with Gasteiger partial charge in [0, 0.05) is 25.5 Å². The molecular formula is C19H17F3N4O3. The van der Waals surface area contributed by atoms with Crippen molar-refractivity contribution in [1.82, 2.24) is 19.8 Å². The second kappa shape index (κ2) is 6.43. The van der Waals surface area contributed by atoms with Crippen LogP contribution in [0.15, 0.2) is 30.5 Å². The highest BCUT2D eigenvalue weighted by molar-refractivity contribution is 6.11. The van der Waals surface area contributed by atoms with Gasteiger partial charge in [-0.2, -0.15) is 0 Å². The molecule has 0 radical (unpaired) electrons. The molecule has 10 heteroatoms. The van der Waals surface area contributed by atoms with Gasteiger partial charge >= 0.3 is 6.03 Å². The summed E-state index contributed by atoms with van der Waals surface area (Å²) >= 11 is 0. The highest BCUT2D eigenvalue weighted by Gasteiger charge is 2.60. The molecule has 2 heterocycles. The molecule has 1 aromatic carbocycles. The zero-order chi connectivity index (χ0) is 21.0. The number of imide groups is 1. The van der Waals surface area contributed by atoms with Gasteiger partial charge in [-0.1, -0.05) is 12.1 Å². The summed E-state index contributed by atoms with van der Waals surface area (Å²) in [6.07, 6.45) is -0.0765. The van der Waals surface area contributed by atoms with Gasteiger partial charge in [-0.25, -0.2) is 22.9 Å². The normalized spacial score (nSPS) is 23.1. The van der Waals surface area contributed by atoms with E-state index >= 15 is 0 Å². The lowest BCUT2D eigenvalue weighted by molar-refractivity contribution is -0.131. The molecule has 1 spiro atoms. The molecule has 2 fully saturated rings. The van der Waals surface area contributed by atoms with Crippen molar-refractivity contribution < 1.29 is 27.6 Å². The van der Waals surface area contributed by atoms with E-state index in [-0.39, 0.29) is 12.2 Å². The number of Topliss-reactive ketones (excluding diaryl/α,β-unsaturated/α-hetero) is 1. The SMILES string of the molecule is Cn1c(-c2cccc(F)c2)cnc1C(=O)CN1C(=O)NC2(CCC(F)(F)C2)C1=O. The Balaban J connectivity index is 1.55. The van der Waals surface area contributed by atoms with Crippen molar-refractivity contribution in [3.05, 3.63) is 42.1 Å². The summed E-state index contributed by atoms with van der Waals surface area (Å²) in [5.41, 5.74) is -0.687. The molecule has 29 heavy (non-hydrogen) atoms. The first-order chi connectivity index (χ1) is 13.6. The Hall–Kier alpha value is -3.17. The molecule has 1 aromatic heterocycles. The fourth-order valence-corrected chi connectivity index (χ4v) is 3.92. The quantitative estimate of drug-likeness (QED) is 0.625. The Morgan fingerprint density at radius 3 is 2.69 bits per heavy atom. The maximum Gasteiger partial charge on any atom is 0.325 e. The summed E-state index contributed by atoms with van der Waals surface area (Å²) in [5, 5.41) is 2.33. The monoisotopic (exact) mass is 406 g/mol.